The number of fused-ring (bicyclic) bond motifs is 1. The number of halogens is 1. The second-order valence-electron chi connectivity index (χ2n) is 5.22. The van der Waals surface area contributed by atoms with Crippen molar-refractivity contribution in [3.8, 4) is 0 Å². The van der Waals surface area contributed by atoms with Crippen molar-refractivity contribution >= 4 is 32.5 Å². The van der Waals surface area contributed by atoms with Crippen molar-refractivity contribution < 1.29 is 0 Å². The number of rotatable bonds is 4. The number of aromatic nitrogens is 1. The summed E-state index contributed by atoms with van der Waals surface area (Å²) in [5.74, 6) is 0.912. The Morgan fingerprint density at radius 2 is 2.06 bits per heavy atom. The van der Waals surface area contributed by atoms with Crippen molar-refractivity contribution in [1.82, 2.24) is 4.98 Å². The summed E-state index contributed by atoms with van der Waals surface area (Å²) in [7, 11) is 0. The van der Waals surface area contributed by atoms with Crippen LogP contribution in [0.3, 0.4) is 0 Å². The molecule has 18 heavy (non-hydrogen) atoms. The van der Waals surface area contributed by atoms with Gasteiger partial charge in [0.2, 0.25) is 0 Å². The smallest absolute Gasteiger partial charge is 0.133 e. The molecule has 1 aromatic heterocycles. The van der Waals surface area contributed by atoms with Gasteiger partial charge in [-0.25, -0.2) is 4.98 Å². The average molecular weight is 308 g/mol. The van der Waals surface area contributed by atoms with Crippen LogP contribution in [-0.2, 0) is 0 Å². The van der Waals surface area contributed by atoms with Gasteiger partial charge in [-0.05, 0) is 24.1 Å². The van der Waals surface area contributed by atoms with E-state index in [1.54, 1.807) is 0 Å². The largest absolute Gasteiger partial charge is 0.369 e. The molecule has 0 spiro atoms. The molecule has 1 heterocycles. The highest BCUT2D eigenvalue weighted by Crippen LogP contribution is 2.28. The van der Waals surface area contributed by atoms with Crippen LogP contribution in [0.15, 0.2) is 34.9 Å². The minimum absolute atomic E-state index is 0.0653. The topological polar surface area (TPSA) is 50.9 Å². The number of nitrogens with two attached hydrogens (primary N) is 1. The number of pyridine rings is 1. The maximum absolute atomic E-state index is 5.74. The molecule has 0 atom stereocenters. The number of nitrogens with zero attached hydrogens (tertiary/aromatic N) is 1. The molecular formula is C14H18BrN3. The number of anilines is 1. The van der Waals surface area contributed by atoms with Gasteiger partial charge in [-0.3, -0.25) is 0 Å². The zero-order valence-electron chi connectivity index (χ0n) is 10.7. The first-order valence-electron chi connectivity index (χ1n) is 6.01. The first kappa shape index (κ1) is 13.3. The lowest BCUT2D eigenvalue weighted by molar-refractivity contribution is 0.405. The molecule has 0 aliphatic heterocycles. The molecule has 0 saturated carbocycles. The number of benzene rings is 1. The van der Waals surface area contributed by atoms with E-state index in [1.165, 1.54) is 5.39 Å². The van der Waals surface area contributed by atoms with Crippen LogP contribution in [0, 0.1) is 5.41 Å². The van der Waals surface area contributed by atoms with Crippen LogP contribution in [0.5, 0.6) is 0 Å². The Labute approximate surface area is 116 Å². The highest BCUT2D eigenvalue weighted by molar-refractivity contribution is 9.10. The number of hydrogen-bond acceptors (Lipinski definition) is 3. The Balaban J connectivity index is 2.32. The van der Waals surface area contributed by atoms with Gasteiger partial charge in [0.1, 0.15) is 5.82 Å². The van der Waals surface area contributed by atoms with Gasteiger partial charge in [0.15, 0.2) is 0 Å². The molecular weight excluding hydrogens is 290 g/mol. The van der Waals surface area contributed by atoms with Crippen molar-refractivity contribution in [3.63, 3.8) is 0 Å². The Morgan fingerprint density at radius 1 is 1.28 bits per heavy atom. The molecule has 1 aromatic carbocycles. The fraction of sp³-hybridized carbons (Fsp3) is 0.357. The SMILES string of the molecule is CC(C)(CN)CNc1nccc2c(Br)cccc12. The minimum atomic E-state index is 0.0653. The molecule has 3 N–H and O–H groups in total. The van der Waals surface area contributed by atoms with E-state index in [2.05, 4.69) is 46.1 Å². The standard InChI is InChI=1S/C14H18BrN3/c1-14(2,8-16)9-18-13-11-4-3-5-12(15)10(11)6-7-17-13/h3-7H,8-9,16H2,1-2H3,(H,17,18). The van der Waals surface area contributed by atoms with Crippen LogP contribution < -0.4 is 11.1 Å². The lowest BCUT2D eigenvalue weighted by Crippen LogP contribution is -2.31. The zero-order chi connectivity index (χ0) is 13.2. The predicted molar refractivity (Wildman–Crippen MR) is 80.8 cm³/mol. The van der Waals surface area contributed by atoms with Crippen LogP contribution in [0.25, 0.3) is 10.8 Å². The molecule has 0 aliphatic carbocycles. The van der Waals surface area contributed by atoms with Gasteiger partial charge in [0.05, 0.1) is 0 Å². The molecule has 2 rings (SSSR count). The van der Waals surface area contributed by atoms with E-state index in [1.807, 2.05) is 24.4 Å². The Hall–Kier alpha value is -1.13. The van der Waals surface area contributed by atoms with Gasteiger partial charge in [-0.15, -0.1) is 0 Å². The second kappa shape index (κ2) is 5.24. The average Bonchev–Trinajstić information content (AvgIpc) is 2.37. The van der Waals surface area contributed by atoms with Gasteiger partial charge in [-0.1, -0.05) is 41.9 Å². The van der Waals surface area contributed by atoms with Crippen LogP contribution in [0.2, 0.25) is 0 Å². The lowest BCUT2D eigenvalue weighted by Gasteiger charge is -2.23. The van der Waals surface area contributed by atoms with Crippen molar-refractivity contribution in [2.75, 3.05) is 18.4 Å². The predicted octanol–water partition coefficient (Wildman–Crippen LogP) is 3.39. The molecule has 2 aromatic rings. The second-order valence-corrected chi connectivity index (χ2v) is 6.07. The van der Waals surface area contributed by atoms with Gasteiger partial charge in [0.25, 0.3) is 0 Å². The van der Waals surface area contributed by atoms with E-state index in [-0.39, 0.29) is 5.41 Å². The first-order chi connectivity index (χ1) is 8.53. The fourth-order valence-electron chi connectivity index (χ4n) is 1.70. The fourth-order valence-corrected chi connectivity index (χ4v) is 2.20. The van der Waals surface area contributed by atoms with Crippen molar-refractivity contribution in [3.05, 3.63) is 34.9 Å². The molecule has 0 aliphatic rings. The highest BCUT2D eigenvalue weighted by atomic mass is 79.9. The quantitative estimate of drug-likeness (QED) is 0.910. The normalized spacial score (nSPS) is 11.8. The summed E-state index contributed by atoms with van der Waals surface area (Å²) < 4.78 is 1.09. The molecule has 0 amide bonds. The summed E-state index contributed by atoms with van der Waals surface area (Å²) in [4.78, 5) is 4.41. The highest BCUT2D eigenvalue weighted by Gasteiger charge is 2.15. The molecule has 0 fully saturated rings. The third-order valence-electron chi connectivity index (χ3n) is 3.04. The summed E-state index contributed by atoms with van der Waals surface area (Å²) in [5, 5.41) is 5.69. The van der Waals surface area contributed by atoms with Crippen molar-refractivity contribution in [2.24, 2.45) is 11.1 Å². The van der Waals surface area contributed by atoms with Crippen LogP contribution in [0.4, 0.5) is 5.82 Å². The summed E-state index contributed by atoms with van der Waals surface area (Å²) in [6.07, 6.45) is 1.82. The molecule has 0 bridgehead atoms. The van der Waals surface area contributed by atoms with E-state index in [4.69, 9.17) is 5.73 Å². The Morgan fingerprint density at radius 3 is 2.78 bits per heavy atom. The molecule has 3 nitrogen and oxygen atoms in total. The molecule has 0 saturated heterocycles. The van der Waals surface area contributed by atoms with E-state index < -0.39 is 0 Å². The van der Waals surface area contributed by atoms with E-state index in [0.717, 1.165) is 22.2 Å². The van der Waals surface area contributed by atoms with Gasteiger partial charge in [0, 0.05) is 28.0 Å². The summed E-state index contributed by atoms with van der Waals surface area (Å²) >= 11 is 3.56. The number of hydrogen-bond donors (Lipinski definition) is 2. The van der Waals surface area contributed by atoms with Crippen molar-refractivity contribution in [2.45, 2.75) is 13.8 Å². The van der Waals surface area contributed by atoms with Crippen molar-refractivity contribution in [1.29, 1.82) is 0 Å². The van der Waals surface area contributed by atoms with Crippen LogP contribution in [0.1, 0.15) is 13.8 Å². The minimum Gasteiger partial charge on any atom is -0.369 e. The first-order valence-corrected chi connectivity index (χ1v) is 6.80. The molecule has 4 heteroatoms. The monoisotopic (exact) mass is 307 g/mol. The molecule has 0 radical (unpaired) electrons. The number of nitrogens with one attached hydrogen (secondary N) is 1. The van der Waals surface area contributed by atoms with Gasteiger partial charge < -0.3 is 11.1 Å². The Bertz CT molecular complexity index is 552. The van der Waals surface area contributed by atoms with Gasteiger partial charge in [-0.2, -0.15) is 0 Å². The summed E-state index contributed by atoms with van der Waals surface area (Å²) in [6.45, 7) is 5.73. The summed E-state index contributed by atoms with van der Waals surface area (Å²) in [5.41, 5.74) is 5.80. The molecule has 0 unspecified atom stereocenters. The van der Waals surface area contributed by atoms with Gasteiger partial charge >= 0.3 is 0 Å². The van der Waals surface area contributed by atoms with E-state index >= 15 is 0 Å². The third kappa shape index (κ3) is 2.82. The zero-order valence-corrected chi connectivity index (χ0v) is 12.3. The Kier molecular flexibility index (Phi) is 3.88. The maximum atomic E-state index is 5.74. The van der Waals surface area contributed by atoms with Crippen LogP contribution >= 0.6 is 15.9 Å². The molecule has 96 valence electrons. The van der Waals surface area contributed by atoms with E-state index in [0.29, 0.717) is 6.54 Å². The summed E-state index contributed by atoms with van der Waals surface area (Å²) in [6, 6.07) is 8.15. The third-order valence-corrected chi connectivity index (χ3v) is 3.73. The lowest BCUT2D eigenvalue weighted by atomic mass is 9.94. The van der Waals surface area contributed by atoms with E-state index in [9.17, 15) is 0 Å². The maximum Gasteiger partial charge on any atom is 0.133 e. The van der Waals surface area contributed by atoms with Crippen LogP contribution in [-0.4, -0.2) is 18.1 Å².